The first-order valence-electron chi connectivity index (χ1n) is 10.7. The maximum absolute atomic E-state index is 12.4. The van der Waals surface area contributed by atoms with E-state index in [1.165, 1.54) is 0 Å². The lowest BCUT2D eigenvalue weighted by molar-refractivity contribution is -0.143. The van der Waals surface area contributed by atoms with Gasteiger partial charge in [-0.05, 0) is 75.3 Å². The van der Waals surface area contributed by atoms with Crippen molar-refractivity contribution in [1.82, 2.24) is 24.8 Å². The number of aromatic nitrogens is 3. The van der Waals surface area contributed by atoms with Crippen LogP contribution in [-0.2, 0) is 9.53 Å². The van der Waals surface area contributed by atoms with E-state index in [4.69, 9.17) is 17.0 Å². The molecule has 2 atom stereocenters. The summed E-state index contributed by atoms with van der Waals surface area (Å²) in [6.45, 7) is 8.40. The lowest BCUT2D eigenvalue weighted by Crippen LogP contribution is -2.35. The molecule has 0 aromatic carbocycles. The Morgan fingerprint density at radius 1 is 1.16 bits per heavy atom. The molecule has 4 heterocycles. The Kier molecular flexibility index (Phi) is 6.23. The van der Waals surface area contributed by atoms with Crippen LogP contribution in [0, 0.1) is 20.8 Å². The molecule has 0 radical (unpaired) electrons. The van der Waals surface area contributed by atoms with Crippen molar-refractivity contribution in [2.24, 2.45) is 0 Å². The van der Waals surface area contributed by atoms with Crippen LogP contribution < -0.4 is 5.32 Å². The van der Waals surface area contributed by atoms with Crippen LogP contribution in [0.1, 0.15) is 47.2 Å². The molecule has 7 nitrogen and oxygen atoms in total. The molecular formula is C24H27N5O2S. The Balaban J connectivity index is 1.83. The van der Waals surface area contributed by atoms with Crippen molar-refractivity contribution in [3.05, 3.63) is 77.0 Å². The molecule has 0 saturated carbocycles. The topological polar surface area (TPSA) is 72.3 Å². The lowest BCUT2D eigenvalue weighted by Gasteiger charge is -2.27. The van der Waals surface area contributed by atoms with Crippen LogP contribution in [0.3, 0.4) is 0 Å². The van der Waals surface area contributed by atoms with Crippen LogP contribution >= 0.6 is 12.2 Å². The molecule has 0 spiro atoms. The van der Waals surface area contributed by atoms with Crippen molar-refractivity contribution in [2.45, 2.75) is 39.8 Å². The quantitative estimate of drug-likeness (QED) is 0.454. The molecule has 0 aliphatic carbocycles. The maximum Gasteiger partial charge on any atom is 0.325 e. The highest BCUT2D eigenvalue weighted by molar-refractivity contribution is 7.80. The molecule has 0 bridgehead atoms. The fourth-order valence-corrected chi connectivity index (χ4v) is 4.69. The molecule has 166 valence electrons. The van der Waals surface area contributed by atoms with Crippen LogP contribution in [0.5, 0.6) is 0 Å². The number of nitrogens with zero attached hydrogens (tertiary/aromatic N) is 4. The van der Waals surface area contributed by atoms with E-state index in [2.05, 4.69) is 52.8 Å². The first-order chi connectivity index (χ1) is 15.4. The minimum Gasteiger partial charge on any atom is -0.465 e. The zero-order chi connectivity index (χ0) is 22.8. The van der Waals surface area contributed by atoms with Gasteiger partial charge in [-0.2, -0.15) is 0 Å². The third-order valence-electron chi connectivity index (χ3n) is 5.79. The zero-order valence-corrected chi connectivity index (χ0v) is 19.5. The first-order valence-corrected chi connectivity index (χ1v) is 11.1. The van der Waals surface area contributed by atoms with E-state index in [0.29, 0.717) is 11.7 Å². The van der Waals surface area contributed by atoms with Crippen molar-refractivity contribution < 1.29 is 9.53 Å². The van der Waals surface area contributed by atoms with Crippen molar-refractivity contribution in [2.75, 3.05) is 13.2 Å². The molecule has 4 rings (SSSR count). The zero-order valence-electron chi connectivity index (χ0n) is 18.7. The predicted molar refractivity (Wildman–Crippen MR) is 127 cm³/mol. The number of hydrogen-bond acceptors (Lipinski definition) is 5. The SMILES string of the molecule is CCOC(=O)CN1C(=S)N[C@H](c2ccccn2)[C@H]1c1cc(C)n(-c2ncccc2C)c1C. The number of thiocarbonyl (C=S) groups is 1. The third-order valence-corrected chi connectivity index (χ3v) is 6.14. The molecule has 0 amide bonds. The molecule has 32 heavy (non-hydrogen) atoms. The average Bonchev–Trinajstić information content (AvgIpc) is 3.25. The summed E-state index contributed by atoms with van der Waals surface area (Å²) in [6, 6.07) is 11.5. The molecule has 1 N–H and O–H groups in total. The number of carbonyl (C=O) groups is 1. The number of ether oxygens (including phenoxy) is 1. The molecule has 1 saturated heterocycles. The number of esters is 1. The smallest absolute Gasteiger partial charge is 0.325 e. The van der Waals surface area contributed by atoms with Gasteiger partial charge in [0.05, 0.1) is 24.4 Å². The van der Waals surface area contributed by atoms with Crippen LogP contribution in [0.2, 0.25) is 0 Å². The van der Waals surface area contributed by atoms with Crippen molar-refractivity contribution in [3.8, 4) is 5.82 Å². The van der Waals surface area contributed by atoms with Crippen molar-refractivity contribution in [1.29, 1.82) is 0 Å². The normalized spacial score (nSPS) is 18.0. The van der Waals surface area contributed by atoms with Gasteiger partial charge in [-0.25, -0.2) is 4.98 Å². The van der Waals surface area contributed by atoms with Crippen molar-refractivity contribution in [3.63, 3.8) is 0 Å². The fraction of sp³-hybridized carbons (Fsp3) is 0.333. The Bertz CT molecular complexity index is 1140. The first kappa shape index (κ1) is 22.0. The van der Waals surface area contributed by atoms with Gasteiger partial charge in [-0.15, -0.1) is 0 Å². The van der Waals surface area contributed by atoms with Gasteiger partial charge < -0.3 is 19.5 Å². The number of rotatable bonds is 6. The molecular weight excluding hydrogens is 422 g/mol. The highest BCUT2D eigenvalue weighted by Gasteiger charge is 2.42. The van der Waals surface area contributed by atoms with E-state index in [0.717, 1.165) is 34.0 Å². The number of hydrogen-bond donors (Lipinski definition) is 1. The summed E-state index contributed by atoms with van der Waals surface area (Å²) in [5.41, 5.74) is 5.14. The predicted octanol–water partition coefficient (Wildman–Crippen LogP) is 3.73. The van der Waals surface area contributed by atoms with E-state index >= 15 is 0 Å². The number of carbonyl (C=O) groups excluding carboxylic acids is 1. The summed E-state index contributed by atoms with van der Waals surface area (Å²) in [7, 11) is 0. The van der Waals surface area contributed by atoms with Crippen LogP contribution in [0.4, 0.5) is 0 Å². The van der Waals surface area contributed by atoms with E-state index < -0.39 is 0 Å². The van der Waals surface area contributed by atoms with Gasteiger partial charge in [-0.3, -0.25) is 9.78 Å². The monoisotopic (exact) mass is 449 g/mol. The highest BCUT2D eigenvalue weighted by atomic mass is 32.1. The standard InChI is InChI=1S/C24H27N5O2S/c1-5-31-20(30)14-28-22(21(27-24(28)32)19-10-6-7-11-25-19)18-13-16(3)29(17(18)4)23-15(2)9-8-12-26-23/h6-13,21-22H,5,14H2,1-4H3,(H,27,32)/t21-,22-/m1/s1. The Labute approximate surface area is 193 Å². The van der Waals surface area contributed by atoms with E-state index in [1.807, 2.05) is 29.2 Å². The largest absolute Gasteiger partial charge is 0.465 e. The van der Waals surface area contributed by atoms with E-state index in [-0.39, 0.29) is 24.6 Å². The van der Waals surface area contributed by atoms with Gasteiger partial charge >= 0.3 is 5.97 Å². The molecule has 1 fully saturated rings. The third kappa shape index (κ3) is 3.98. The summed E-state index contributed by atoms with van der Waals surface area (Å²) in [4.78, 5) is 23.5. The van der Waals surface area contributed by atoms with Crippen LogP contribution in [-0.4, -0.2) is 43.7 Å². The number of aryl methyl sites for hydroxylation is 2. The molecule has 3 aromatic rings. The summed E-state index contributed by atoms with van der Waals surface area (Å²) in [5.74, 6) is 0.589. The Hall–Kier alpha value is -3.26. The highest BCUT2D eigenvalue weighted by Crippen LogP contribution is 2.41. The second kappa shape index (κ2) is 9.08. The lowest BCUT2D eigenvalue weighted by atomic mass is 9.97. The van der Waals surface area contributed by atoms with Crippen LogP contribution in [0.25, 0.3) is 5.82 Å². The summed E-state index contributed by atoms with van der Waals surface area (Å²) < 4.78 is 7.38. The van der Waals surface area contributed by atoms with Gasteiger partial charge in [0.25, 0.3) is 0 Å². The van der Waals surface area contributed by atoms with E-state index in [9.17, 15) is 4.79 Å². The number of pyridine rings is 2. The molecule has 3 aromatic heterocycles. The van der Waals surface area contributed by atoms with Gasteiger partial charge in [0.1, 0.15) is 12.4 Å². The second-order valence-electron chi connectivity index (χ2n) is 7.87. The minimum atomic E-state index is -0.308. The summed E-state index contributed by atoms with van der Waals surface area (Å²) >= 11 is 5.65. The van der Waals surface area contributed by atoms with Gasteiger partial charge in [0, 0.05) is 23.8 Å². The Morgan fingerprint density at radius 3 is 2.62 bits per heavy atom. The van der Waals surface area contributed by atoms with E-state index in [1.54, 1.807) is 19.3 Å². The van der Waals surface area contributed by atoms with Gasteiger partial charge in [0.15, 0.2) is 5.11 Å². The molecule has 0 unspecified atom stereocenters. The second-order valence-corrected chi connectivity index (χ2v) is 8.25. The fourth-order valence-electron chi connectivity index (χ4n) is 4.38. The number of nitrogens with one attached hydrogen (secondary N) is 1. The summed E-state index contributed by atoms with van der Waals surface area (Å²) in [6.07, 6.45) is 3.57. The molecule has 1 aliphatic heterocycles. The summed E-state index contributed by atoms with van der Waals surface area (Å²) in [5, 5.41) is 3.90. The van der Waals surface area contributed by atoms with Crippen LogP contribution in [0.15, 0.2) is 48.8 Å². The van der Waals surface area contributed by atoms with Gasteiger partial charge in [-0.1, -0.05) is 12.1 Å². The average molecular weight is 450 g/mol. The maximum atomic E-state index is 12.4. The molecule has 8 heteroatoms. The minimum absolute atomic E-state index is 0.0694. The Morgan fingerprint density at radius 2 is 1.94 bits per heavy atom. The van der Waals surface area contributed by atoms with Gasteiger partial charge in [0.2, 0.25) is 0 Å². The van der Waals surface area contributed by atoms with Crippen molar-refractivity contribution >= 4 is 23.3 Å². The molecule has 1 aliphatic rings.